The van der Waals surface area contributed by atoms with Gasteiger partial charge in [0, 0.05) is 10.4 Å². The van der Waals surface area contributed by atoms with Crippen LogP contribution in [0.2, 0.25) is 0 Å². The number of halogens is 3. The molecule has 0 amide bonds. The number of benzene rings is 2. The highest BCUT2D eigenvalue weighted by atomic mass is 79.9. The van der Waals surface area contributed by atoms with Crippen LogP contribution in [0.25, 0.3) is 0 Å². The molecule has 0 nitrogen and oxygen atoms in total. The zero-order valence-electron chi connectivity index (χ0n) is 11.5. The Bertz CT molecular complexity index is 556. The first-order valence-corrected chi connectivity index (χ1v) is 7.57. The lowest BCUT2D eigenvalue weighted by atomic mass is 9.98. The summed E-state index contributed by atoms with van der Waals surface area (Å²) in [6.45, 7) is 4.27. The van der Waals surface area contributed by atoms with Crippen molar-refractivity contribution in [3.8, 4) is 0 Å². The highest BCUT2D eigenvalue weighted by molar-refractivity contribution is 9.09. The van der Waals surface area contributed by atoms with Gasteiger partial charge in [-0.3, -0.25) is 0 Å². The molecular weight excluding hydrogens is 322 g/mol. The first-order valence-electron chi connectivity index (χ1n) is 6.66. The minimum atomic E-state index is -0.492. The molecule has 0 aliphatic carbocycles. The lowest BCUT2D eigenvalue weighted by molar-refractivity contribution is 0.554. The molecule has 1 unspecified atom stereocenters. The normalized spacial score (nSPS) is 12.7. The lowest BCUT2D eigenvalue weighted by Gasteiger charge is -2.13. The van der Waals surface area contributed by atoms with E-state index in [0.29, 0.717) is 12.3 Å². The first-order chi connectivity index (χ1) is 9.49. The fourth-order valence-electron chi connectivity index (χ4n) is 2.11. The molecule has 0 saturated heterocycles. The van der Waals surface area contributed by atoms with Crippen molar-refractivity contribution in [3.63, 3.8) is 0 Å². The Balaban J connectivity index is 2.17. The smallest absolute Gasteiger partial charge is 0.129 e. The van der Waals surface area contributed by atoms with Crippen molar-refractivity contribution >= 4 is 15.9 Å². The minimum Gasteiger partial charge on any atom is -0.207 e. The Morgan fingerprint density at radius 1 is 0.900 bits per heavy atom. The number of alkyl halides is 1. The molecule has 2 aromatic carbocycles. The van der Waals surface area contributed by atoms with E-state index < -0.39 is 11.6 Å². The summed E-state index contributed by atoms with van der Waals surface area (Å²) in [5.41, 5.74) is 2.41. The minimum absolute atomic E-state index is 0.102. The van der Waals surface area contributed by atoms with Gasteiger partial charge in [-0.1, -0.05) is 60.1 Å². The standard InChI is InChI=1S/C17H17BrF2/c1-11(2)12-6-8-13(9-7-12)15(18)10-14-16(19)4-3-5-17(14)20/h3-9,11,15H,10H2,1-2H3. The van der Waals surface area contributed by atoms with Gasteiger partial charge in [0.1, 0.15) is 11.6 Å². The van der Waals surface area contributed by atoms with Gasteiger partial charge in [0.15, 0.2) is 0 Å². The van der Waals surface area contributed by atoms with Crippen molar-refractivity contribution in [2.45, 2.75) is 31.0 Å². The van der Waals surface area contributed by atoms with Crippen molar-refractivity contribution in [1.29, 1.82) is 0 Å². The molecule has 0 saturated carbocycles. The summed E-state index contributed by atoms with van der Waals surface area (Å²) in [5.74, 6) is -0.511. The molecule has 3 heteroatoms. The van der Waals surface area contributed by atoms with Crippen LogP contribution in [0.1, 0.15) is 41.3 Å². The summed E-state index contributed by atoms with van der Waals surface area (Å²) >= 11 is 3.52. The van der Waals surface area contributed by atoms with Crippen LogP contribution in [-0.2, 0) is 6.42 Å². The van der Waals surface area contributed by atoms with Gasteiger partial charge in [0.2, 0.25) is 0 Å². The highest BCUT2D eigenvalue weighted by Gasteiger charge is 2.15. The molecule has 0 heterocycles. The fraction of sp³-hybridized carbons (Fsp3) is 0.294. The average Bonchev–Trinajstić information content (AvgIpc) is 2.43. The van der Waals surface area contributed by atoms with Crippen LogP contribution < -0.4 is 0 Å². The monoisotopic (exact) mass is 338 g/mol. The summed E-state index contributed by atoms with van der Waals surface area (Å²) in [4.78, 5) is -0.102. The van der Waals surface area contributed by atoms with Gasteiger partial charge in [-0.05, 0) is 35.6 Å². The van der Waals surface area contributed by atoms with Crippen molar-refractivity contribution in [2.24, 2.45) is 0 Å². The maximum absolute atomic E-state index is 13.6. The molecule has 2 aromatic rings. The second-order valence-electron chi connectivity index (χ2n) is 5.19. The molecule has 0 aliphatic rings. The van der Waals surface area contributed by atoms with Crippen LogP contribution in [0.4, 0.5) is 8.78 Å². The zero-order chi connectivity index (χ0) is 14.7. The topological polar surface area (TPSA) is 0 Å². The second kappa shape index (κ2) is 6.49. The predicted octanol–water partition coefficient (Wildman–Crippen LogP) is 5.77. The molecule has 2 rings (SSSR count). The first kappa shape index (κ1) is 15.2. The largest absolute Gasteiger partial charge is 0.207 e. The van der Waals surface area contributed by atoms with E-state index >= 15 is 0 Å². The molecule has 0 spiro atoms. The van der Waals surface area contributed by atoms with Crippen LogP contribution in [-0.4, -0.2) is 0 Å². The molecule has 1 atom stereocenters. The van der Waals surface area contributed by atoms with Gasteiger partial charge >= 0.3 is 0 Å². The summed E-state index contributed by atoms with van der Waals surface area (Å²) in [7, 11) is 0. The van der Waals surface area contributed by atoms with Crippen LogP contribution in [0, 0.1) is 11.6 Å². The fourth-order valence-corrected chi connectivity index (χ4v) is 2.74. The molecule has 0 fully saturated rings. The Hall–Kier alpha value is -1.22. The van der Waals surface area contributed by atoms with Crippen molar-refractivity contribution in [1.82, 2.24) is 0 Å². The van der Waals surface area contributed by atoms with E-state index in [-0.39, 0.29) is 10.4 Å². The van der Waals surface area contributed by atoms with E-state index in [1.165, 1.54) is 23.8 Å². The Labute approximate surface area is 127 Å². The van der Waals surface area contributed by atoms with E-state index in [9.17, 15) is 8.78 Å². The highest BCUT2D eigenvalue weighted by Crippen LogP contribution is 2.30. The summed E-state index contributed by atoms with van der Waals surface area (Å²) in [5, 5.41) is 0. The van der Waals surface area contributed by atoms with Gasteiger partial charge in [0.05, 0.1) is 0 Å². The van der Waals surface area contributed by atoms with Crippen LogP contribution in [0.15, 0.2) is 42.5 Å². The van der Waals surface area contributed by atoms with Crippen molar-refractivity contribution < 1.29 is 8.78 Å². The summed E-state index contributed by atoms with van der Waals surface area (Å²) < 4.78 is 27.3. The van der Waals surface area contributed by atoms with E-state index in [1.807, 2.05) is 12.1 Å². The zero-order valence-corrected chi connectivity index (χ0v) is 13.1. The SMILES string of the molecule is CC(C)c1ccc(C(Br)Cc2c(F)cccc2F)cc1. The molecule has 0 N–H and O–H groups in total. The van der Waals surface area contributed by atoms with Gasteiger partial charge in [0.25, 0.3) is 0 Å². The molecule has 20 heavy (non-hydrogen) atoms. The molecular formula is C17H17BrF2. The predicted molar refractivity (Wildman–Crippen MR) is 82.3 cm³/mol. The quantitative estimate of drug-likeness (QED) is 0.621. The maximum atomic E-state index is 13.6. The van der Waals surface area contributed by atoms with E-state index in [0.717, 1.165) is 5.56 Å². The van der Waals surface area contributed by atoms with Gasteiger partial charge in [-0.25, -0.2) is 8.78 Å². The molecule has 0 bridgehead atoms. The van der Waals surface area contributed by atoms with Gasteiger partial charge in [-0.15, -0.1) is 0 Å². The number of rotatable bonds is 4. The number of hydrogen-bond donors (Lipinski definition) is 0. The van der Waals surface area contributed by atoms with E-state index in [1.54, 1.807) is 0 Å². The third kappa shape index (κ3) is 3.45. The van der Waals surface area contributed by atoms with Gasteiger partial charge in [-0.2, -0.15) is 0 Å². The third-order valence-corrected chi connectivity index (χ3v) is 4.26. The summed E-state index contributed by atoms with van der Waals surface area (Å²) in [6.07, 6.45) is 0.291. The molecule has 0 aromatic heterocycles. The van der Waals surface area contributed by atoms with Crippen molar-refractivity contribution in [3.05, 3.63) is 70.8 Å². The van der Waals surface area contributed by atoms with Crippen LogP contribution in [0.5, 0.6) is 0 Å². The Morgan fingerprint density at radius 2 is 1.40 bits per heavy atom. The lowest BCUT2D eigenvalue weighted by Crippen LogP contribution is -2.01. The average molecular weight is 339 g/mol. The van der Waals surface area contributed by atoms with E-state index in [4.69, 9.17) is 0 Å². The maximum Gasteiger partial charge on any atom is 0.129 e. The summed E-state index contributed by atoms with van der Waals surface area (Å²) in [6, 6.07) is 12.1. The van der Waals surface area contributed by atoms with Crippen LogP contribution >= 0.6 is 15.9 Å². The Morgan fingerprint density at radius 3 is 1.90 bits per heavy atom. The van der Waals surface area contributed by atoms with Gasteiger partial charge < -0.3 is 0 Å². The van der Waals surface area contributed by atoms with Crippen molar-refractivity contribution in [2.75, 3.05) is 0 Å². The van der Waals surface area contributed by atoms with Crippen LogP contribution in [0.3, 0.4) is 0 Å². The second-order valence-corrected chi connectivity index (χ2v) is 6.30. The molecule has 106 valence electrons. The third-order valence-electron chi connectivity index (χ3n) is 3.41. The Kier molecular flexibility index (Phi) is 4.92. The molecule has 0 aliphatic heterocycles. The number of hydrogen-bond acceptors (Lipinski definition) is 0. The van der Waals surface area contributed by atoms with E-state index in [2.05, 4.69) is 41.9 Å². The molecule has 0 radical (unpaired) electrons.